The zero-order chi connectivity index (χ0) is 14.7. The van der Waals surface area contributed by atoms with Crippen LogP contribution in [0.15, 0.2) is 42.5 Å². The lowest BCUT2D eigenvalue weighted by molar-refractivity contribution is 0.141. The maximum atomic E-state index is 13.8. The molecule has 3 N–H and O–H groups in total. The summed E-state index contributed by atoms with van der Waals surface area (Å²) in [6, 6.07) is 10.0. The second-order valence-electron chi connectivity index (χ2n) is 4.54. The summed E-state index contributed by atoms with van der Waals surface area (Å²) in [5.74, 6) is -1.74. The second-order valence-corrected chi connectivity index (χ2v) is 4.95. The molecule has 2 nitrogen and oxygen atoms in total. The summed E-state index contributed by atoms with van der Waals surface area (Å²) in [4.78, 5) is 0. The molecule has 0 bridgehead atoms. The standard InChI is InChI=1S/C15H14ClF2NO/c16-10-6-7-11(17)13(14(10)18)15(19)12(20)8-9-4-2-1-3-5-9/h1-7,12,15,20H,8,19H2/t12-,15-/m1/s1. The van der Waals surface area contributed by atoms with E-state index < -0.39 is 23.8 Å². The van der Waals surface area contributed by atoms with Crippen LogP contribution in [-0.2, 0) is 6.42 Å². The van der Waals surface area contributed by atoms with Gasteiger partial charge in [-0.25, -0.2) is 8.78 Å². The summed E-state index contributed by atoms with van der Waals surface area (Å²) in [6.45, 7) is 0. The molecule has 0 spiro atoms. The Labute approximate surface area is 120 Å². The maximum absolute atomic E-state index is 13.8. The Hall–Kier alpha value is -1.49. The fourth-order valence-electron chi connectivity index (χ4n) is 2.02. The van der Waals surface area contributed by atoms with E-state index in [-0.39, 0.29) is 17.0 Å². The van der Waals surface area contributed by atoms with Gasteiger partial charge < -0.3 is 10.8 Å². The van der Waals surface area contributed by atoms with Gasteiger partial charge in [0.15, 0.2) is 0 Å². The molecule has 0 saturated heterocycles. The monoisotopic (exact) mass is 297 g/mol. The van der Waals surface area contributed by atoms with Crippen LogP contribution in [0.5, 0.6) is 0 Å². The third kappa shape index (κ3) is 3.15. The molecule has 0 fully saturated rings. The molecular weight excluding hydrogens is 284 g/mol. The Morgan fingerprint density at radius 1 is 1.10 bits per heavy atom. The number of benzene rings is 2. The van der Waals surface area contributed by atoms with Crippen molar-refractivity contribution in [2.45, 2.75) is 18.6 Å². The molecule has 2 aromatic rings. The molecule has 106 valence electrons. The van der Waals surface area contributed by atoms with Crippen molar-refractivity contribution >= 4 is 11.6 Å². The van der Waals surface area contributed by atoms with Gasteiger partial charge >= 0.3 is 0 Å². The van der Waals surface area contributed by atoms with Crippen LogP contribution in [0.25, 0.3) is 0 Å². The average Bonchev–Trinajstić information content (AvgIpc) is 2.44. The summed E-state index contributed by atoms with van der Waals surface area (Å²) in [5, 5.41) is 9.84. The van der Waals surface area contributed by atoms with E-state index in [1.54, 1.807) is 12.1 Å². The van der Waals surface area contributed by atoms with Crippen molar-refractivity contribution in [3.8, 4) is 0 Å². The van der Waals surface area contributed by atoms with Gasteiger partial charge in [-0.3, -0.25) is 0 Å². The van der Waals surface area contributed by atoms with Crippen LogP contribution in [0.1, 0.15) is 17.2 Å². The van der Waals surface area contributed by atoms with Gasteiger partial charge in [-0.15, -0.1) is 0 Å². The molecule has 0 radical (unpaired) electrons. The summed E-state index contributed by atoms with van der Waals surface area (Å²) in [7, 11) is 0. The van der Waals surface area contributed by atoms with Crippen molar-refractivity contribution in [1.29, 1.82) is 0 Å². The first kappa shape index (κ1) is 14.9. The van der Waals surface area contributed by atoms with Gasteiger partial charge in [0, 0.05) is 12.0 Å². The molecule has 0 amide bonds. The number of aliphatic hydroxyl groups excluding tert-OH is 1. The highest BCUT2D eigenvalue weighted by molar-refractivity contribution is 6.30. The quantitative estimate of drug-likeness (QED) is 0.851. The highest BCUT2D eigenvalue weighted by Gasteiger charge is 2.25. The Morgan fingerprint density at radius 2 is 1.75 bits per heavy atom. The minimum atomic E-state index is -1.19. The zero-order valence-electron chi connectivity index (χ0n) is 10.6. The summed E-state index contributed by atoms with van der Waals surface area (Å²) >= 11 is 5.62. The van der Waals surface area contributed by atoms with Crippen molar-refractivity contribution < 1.29 is 13.9 Å². The molecule has 0 heterocycles. The number of hydrogen-bond donors (Lipinski definition) is 2. The highest BCUT2D eigenvalue weighted by atomic mass is 35.5. The van der Waals surface area contributed by atoms with E-state index in [2.05, 4.69) is 0 Å². The van der Waals surface area contributed by atoms with Crippen molar-refractivity contribution in [3.63, 3.8) is 0 Å². The largest absolute Gasteiger partial charge is 0.391 e. The zero-order valence-corrected chi connectivity index (χ0v) is 11.3. The molecule has 5 heteroatoms. The van der Waals surface area contributed by atoms with E-state index in [9.17, 15) is 13.9 Å². The van der Waals surface area contributed by atoms with E-state index in [0.717, 1.165) is 17.7 Å². The SMILES string of the molecule is N[C@@H](c1c(F)ccc(Cl)c1F)[C@H](O)Cc1ccccc1. The molecule has 0 aliphatic carbocycles. The fourth-order valence-corrected chi connectivity index (χ4v) is 2.19. The van der Waals surface area contributed by atoms with E-state index >= 15 is 0 Å². The normalized spacial score (nSPS) is 14.1. The topological polar surface area (TPSA) is 46.2 Å². The number of hydrogen-bond acceptors (Lipinski definition) is 2. The minimum Gasteiger partial charge on any atom is -0.391 e. The van der Waals surface area contributed by atoms with E-state index in [1.807, 2.05) is 18.2 Å². The molecule has 2 aromatic carbocycles. The summed E-state index contributed by atoms with van der Waals surface area (Å²) in [5.41, 5.74) is 6.21. The van der Waals surface area contributed by atoms with E-state index in [0.29, 0.717) is 0 Å². The molecule has 0 saturated carbocycles. The van der Waals surface area contributed by atoms with E-state index in [4.69, 9.17) is 17.3 Å². The number of aliphatic hydroxyl groups is 1. The summed E-state index contributed by atoms with van der Waals surface area (Å²) in [6.07, 6.45) is -0.909. The predicted octanol–water partition coefficient (Wildman–Crippen LogP) is 3.22. The second kappa shape index (κ2) is 6.31. The van der Waals surface area contributed by atoms with Crippen LogP contribution in [0.3, 0.4) is 0 Å². The van der Waals surface area contributed by atoms with Gasteiger partial charge in [0.25, 0.3) is 0 Å². The van der Waals surface area contributed by atoms with Crippen LogP contribution >= 0.6 is 11.6 Å². The Morgan fingerprint density at radius 3 is 2.40 bits per heavy atom. The van der Waals surface area contributed by atoms with Crippen LogP contribution in [-0.4, -0.2) is 11.2 Å². The van der Waals surface area contributed by atoms with E-state index in [1.165, 1.54) is 0 Å². The lowest BCUT2D eigenvalue weighted by Gasteiger charge is -2.20. The predicted molar refractivity (Wildman–Crippen MR) is 74.4 cm³/mol. The number of nitrogens with two attached hydrogens (primary N) is 1. The molecule has 0 aliphatic heterocycles. The van der Waals surface area contributed by atoms with Crippen molar-refractivity contribution in [2.24, 2.45) is 5.73 Å². The molecule has 2 rings (SSSR count). The van der Waals surface area contributed by atoms with Crippen LogP contribution in [0, 0.1) is 11.6 Å². The van der Waals surface area contributed by atoms with Gasteiger partial charge in [0.05, 0.1) is 17.2 Å². The van der Waals surface area contributed by atoms with Crippen LogP contribution in [0.4, 0.5) is 8.78 Å². The van der Waals surface area contributed by atoms with Gasteiger partial charge in [-0.2, -0.15) is 0 Å². The lowest BCUT2D eigenvalue weighted by Crippen LogP contribution is -2.30. The Kier molecular flexibility index (Phi) is 4.70. The third-order valence-corrected chi connectivity index (χ3v) is 3.41. The third-order valence-electron chi connectivity index (χ3n) is 3.11. The van der Waals surface area contributed by atoms with Crippen LogP contribution in [0.2, 0.25) is 5.02 Å². The molecule has 2 atom stereocenters. The summed E-state index contributed by atoms with van der Waals surface area (Å²) < 4.78 is 27.5. The minimum absolute atomic E-state index is 0.202. The highest BCUT2D eigenvalue weighted by Crippen LogP contribution is 2.27. The average molecular weight is 298 g/mol. The van der Waals surface area contributed by atoms with Gasteiger partial charge in [0.2, 0.25) is 0 Å². The lowest BCUT2D eigenvalue weighted by atomic mass is 9.96. The smallest absolute Gasteiger partial charge is 0.149 e. The maximum Gasteiger partial charge on any atom is 0.149 e. The van der Waals surface area contributed by atoms with Crippen molar-refractivity contribution in [1.82, 2.24) is 0 Å². The first-order chi connectivity index (χ1) is 9.50. The molecule has 20 heavy (non-hydrogen) atoms. The fraction of sp³-hybridized carbons (Fsp3) is 0.200. The number of rotatable bonds is 4. The van der Waals surface area contributed by atoms with Crippen molar-refractivity contribution in [2.75, 3.05) is 0 Å². The van der Waals surface area contributed by atoms with Crippen LogP contribution < -0.4 is 5.73 Å². The molecule has 0 aromatic heterocycles. The first-order valence-electron chi connectivity index (χ1n) is 6.11. The number of halogens is 3. The van der Waals surface area contributed by atoms with Gasteiger partial charge in [0.1, 0.15) is 11.6 Å². The van der Waals surface area contributed by atoms with Crippen molar-refractivity contribution in [3.05, 3.63) is 70.2 Å². The molecule has 0 unspecified atom stereocenters. The van der Waals surface area contributed by atoms with Gasteiger partial charge in [-0.1, -0.05) is 41.9 Å². The molecule has 0 aliphatic rings. The Bertz CT molecular complexity index is 592. The first-order valence-corrected chi connectivity index (χ1v) is 6.49. The Balaban J connectivity index is 2.23. The molecular formula is C15H14ClF2NO. The van der Waals surface area contributed by atoms with Gasteiger partial charge in [-0.05, 0) is 17.7 Å².